The Morgan fingerprint density at radius 3 is 2.70 bits per heavy atom. The van der Waals surface area contributed by atoms with E-state index in [1.54, 1.807) is 0 Å². The van der Waals surface area contributed by atoms with E-state index in [2.05, 4.69) is 24.4 Å². The molecule has 0 spiro atoms. The average molecular weight is 390 g/mol. The van der Waals surface area contributed by atoms with Crippen LogP contribution in [-0.4, -0.2) is 21.5 Å². The molecule has 4 saturated carbocycles. The molecule has 0 saturated heterocycles. The SMILES string of the molecule is CCCCCC(=O)N[C@@H](c1ccccc1)[C@H]1[C@H]2C[C@@H]3C[C@](Cl)(C2)C[C@@]1(O)C3. The lowest BCUT2D eigenvalue weighted by Gasteiger charge is -2.63. The average Bonchev–Trinajstić information content (AvgIpc) is 2.59. The minimum Gasteiger partial charge on any atom is -0.389 e. The minimum atomic E-state index is -0.761. The lowest BCUT2D eigenvalue weighted by molar-refractivity contribution is -0.175. The third-order valence-corrected chi connectivity index (χ3v) is 7.60. The maximum absolute atomic E-state index is 12.7. The summed E-state index contributed by atoms with van der Waals surface area (Å²) >= 11 is 6.88. The van der Waals surface area contributed by atoms with Crippen LogP contribution in [0, 0.1) is 17.8 Å². The number of halogens is 1. The molecule has 5 rings (SSSR count). The zero-order valence-corrected chi connectivity index (χ0v) is 17.0. The van der Waals surface area contributed by atoms with Gasteiger partial charge in [-0.15, -0.1) is 11.6 Å². The molecule has 6 atom stereocenters. The highest BCUT2D eigenvalue weighted by Gasteiger charge is 2.63. The van der Waals surface area contributed by atoms with Crippen LogP contribution in [0.25, 0.3) is 0 Å². The molecule has 4 aliphatic rings. The lowest BCUT2D eigenvalue weighted by Crippen LogP contribution is -2.64. The van der Waals surface area contributed by atoms with Crippen molar-refractivity contribution in [2.75, 3.05) is 0 Å². The quantitative estimate of drug-likeness (QED) is 0.510. The molecule has 0 radical (unpaired) electrons. The van der Waals surface area contributed by atoms with E-state index in [1.165, 1.54) is 0 Å². The second-order valence-corrected chi connectivity index (χ2v) is 10.1. The first-order chi connectivity index (χ1) is 12.9. The molecule has 4 bridgehead atoms. The monoisotopic (exact) mass is 389 g/mol. The topological polar surface area (TPSA) is 49.3 Å². The van der Waals surface area contributed by atoms with Crippen molar-refractivity contribution >= 4 is 17.5 Å². The molecule has 0 aliphatic heterocycles. The normalized spacial score (nSPS) is 38.0. The van der Waals surface area contributed by atoms with E-state index in [1.807, 2.05) is 18.2 Å². The molecule has 1 aromatic carbocycles. The van der Waals surface area contributed by atoms with Gasteiger partial charge in [-0.2, -0.15) is 0 Å². The number of unbranched alkanes of at least 4 members (excludes halogenated alkanes) is 2. The van der Waals surface area contributed by atoms with E-state index in [9.17, 15) is 9.90 Å². The number of nitrogens with one attached hydrogen (secondary N) is 1. The molecule has 27 heavy (non-hydrogen) atoms. The fraction of sp³-hybridized carbons (Fsp3) is 0.696. The third kappa shape index (κ3) is 3.78. The second kappa shape index (κ2) is 7.40. The van der Waals surface area contributed by atoms with Crippen molar-refractivity contribution in [3.8, 4) is 0 Å². The van der Waals surface area contributed by atoms with E-state index in [0.29, 0.717) is 24.7 Å². The molecule has 4 heteroatoms. The maximum atomic E-state index is 12.7. The predicted octanol–water partition coefficient (Wildman–Crippen LogP) is 4.97. The summed E-state index contributed by atoms with van der Waals surface area (Å²) in [5.74, 6) is 1.08. The van der Waals surface area contributed by atoms with Gasteiger partial charge in [0.1, 0.15) is 0 Å². The van der Waals surface area contributed by atoms with Crippen LogP contribution >= 0.6 is 11.6 Å². The van der Waals surface area contributed by atoms with Crippen molar-refractivity contribution in [3.63, 3.8) is 0 Å². The van der Waals surface area contributed by atoms with Gasteiger partial charge in [-0.25, -0.2) is 0 Å². The van der Waals surface area contributed by atoms with Crippen molar-refractivity contribution in [3.05, 3.63) is 35.9 Å². The van der Waals surface area contributed by atoms with Crippen LogP contribution in [0.2, 0.25) is 0 Å². The van der Waals surface area contributed by atoms with Crippen molar-refractivity contribution in [1.29, 1.82) is 0 Å². The van der Waals surface area contributed by atoms with Crippen LogP contribution in [-0.2, 0) is 4.79 Å². The molecule has 4 fully saturated rings. The first-order valence-corrected chi connectivity index (χ1v) is 11.1. The summed E-state index contributed by atoms with van der Waals surface area (Å²) in [4.78, 5) is 12.5. The highest BCUT2D eigenvalue weighted by Crippen LogP contribution is 2.64. The van der Waals surface area contributed by atoms with E-state index in [0.717, 1.165) is 50.5 Å². The van der Waals surface area contributed by atoms with Crippen LogP contribution in [0.5, 0.6) is 0 Å². The number of amides is 1. The van der Waals surface area contributed by atoms with E-state index in [4.69, 9.17) is 11.6 Å². The first kappa shape index (κ1) is 19.3. The second-order valence-electron chi connectivity index (χ2n) is 9.34. The summed E-state index contributed by atoms with van der Waals surface area (Å²) < 4.78 is 0. The molecule has 148 valence electrons. The van der Waals surface area contributed by atoms with Gasteiger partial charge in [0.25, 0.3) is 0 Å². The highest BCUT2D eigenvalue weighted by atomic mass is 35.5. The number of aliphatic hydroxyl groups is 1. The van der Waals surface area contributed by atoms with Gasteiger partial charge in [-0.1, -0.05) is 50.1 Å². The molecule has 3 nitrogen and oxygen atoms in total. The van der Waals surface area contributed by atoms with Crippen LogP contribution in [0.15, 0.2) is 30.3 Å². The largest absolute Gasteiger partial charge is 0.389 e. The minimum absolute atomic E-state index is 0.0541. The van der Waals surface area contributed by atoms with Crippen LogP contribution in [0.4, 0.5) is 0 Å². The summed E-state index contributed by atoms with van der Waals surface area (Å²) in [5.41, 5.74) is 0.346. The number of carbonyl (C=O) groups excluding carboxylic acids is 1. The van der Waals surface area contributed by atoms with Crippen LogP contribution in [0.3, 0.4) is 0 Å². The van der Waals surface area contributed by atoms with Crippen molar-refractivity contribution in [2.45, 2.75) is 81.2 Å². The smallest absolute Gasteiger partial charge is 0.220 e. The van der Waals surface area contributed by atoms with Crippen molar-refractivity contribution in [1.82, 2.24) is 5.32 Å². The molecular formula is C23H32ClNO2. The van der Waals surface area contributed by atoms with Gasteiger partial charge in [0.2, 0.25) is 5.91 Å². The highest BCUT2D eigenvalue weighted by molar-refractivity contribution is 6.24. The molecule has 1 amide bonds. The number of carbonyl (C=O) groups is 1. The molecular weight excluding hydrogens is 358 g/mol. The van der Waals surface area contributed by atoms with Crippen LogP contribution < -0.4 is 5.32 Å². The van der Waals surface area contributed by atoms with E-state index < -0.39 is 5.60 Å². The summed E-state index contributed by atoms with van der Waals surface area (Å²) in [5, 5.41) is 15.0. The molecule has 0 aromatic heterocycles. The Hall–Kier alpha value is -1.06. The first-order valence-electron chi connectivity index (χ1n) is 10.7. The third-order valence-electron chi connectivity index (χ3n) is 7.15. The summed E-state index contributed by atoms with van der Waals surface area (Å²) in [6, 6.07) is 10.1. The number of benzene rings is 1. The Morgan fingerprint density at radius 1 is 1.26 bits per heavy atom. The van der Waals surface area contributed by atoms with Crippen molar-refractivity contribution in [2.24, 2.45) is 17.8 Å². The molecule has 4 aliphatic carbocycles. The van der Waals surface area contributed by atoms with E-state index >= 15 is 0 Å². The Labute approximate surface area is 167 Å². The standard InChI is InChI=1S/C23H32ClNO2/c1-2-3-5-10-19(26)25-21(17-8-6-4-7-9-17)20-18-11-16-12-22(24,14-18)15-23(20,27)13-16/h4,6-9,16,18,20-21,27H,2-3,5,10-15H2,1H3,(H,25,26)/t16-,18+,20-,21+,22+,23+/m1/s1. The lowest BCUT2D eigenvalue weighted by atomic mass is 9.47. The summed E-state index contributed by atoms with van der Waals surface area (Å²) in [7, 11) is 0. The van der Waals surface area contributed by atoms with Gasteiger partial charge >= 0.3 is 0 Å². The van der Waals surface area contributed by atoms with Gasteiger partial charge in [-0.05, 0) is 55.9 Å². The molecule has 2 N–H and O–H groups in total. The zero-order valence-electron chi connectivity index (χ0n) is 16.3. The van der Waals surface area contributed by atoms with Gasteiger partial charge in [0, 0.05) is 17.2 Å². The molecule has 0 heterocycles. The van der Waals surface area contributed by atoms with Gasteiger partial charge in [0.05, 0.1) is 11.6 Å². The fourth-order valence-electron chi connectivity index (χ4n) is 6.46. The fourth-order valence-corrected chi connectivity index (χ4v) is 7.10. The molecule has 1 aromatic rings. The predicted molar refractivity (Wildman–Crippen MR) is 109 cm³/mol. The summed E-state index contributed by atoms with van der Waals surface area (Å²) in [6.45, 7) is 2.15. The number of hydrogen-bond acceptors (Lipinski definition) is 2. The van der Waals surface area contributed by atoms with Gasteiger partial charge in [-0.3, -0.25) is 4.79 Å². The number of alkyl halides is 1. The summed E-state index contributed by atoms with van der Waals surface area (Å²) in [6.07, 6.45) is 8.31. The Bertz CT molecular complexity index is 680. The Kier molecular flexibility index (Phi) is 5.28. The Morgan fingerprint density at radius 2 is 2.04 bits per heavy atom. The van der Waals surface area contributed by atoms with Gasteiger partial charge < -0.3 is 10.4 Å². The maximum Gasteiger partial charge on any atom is 0.220 e. The van der Waals surface area contributed by atoms with Gasteiger partial charge in [0.15, 0.2) is 0 Å². The van der Waals surface area contributed by atoms with Crippen LogP contribution in [0.1, 0.15) is 76.3 Å². The Balaban J connectivity index is 1.60. The number of rotatable bonds is 7. The van der Waals surface area contributed by atoms with Crippen molar-refractivity contribution < 1.29 is 9.90 Å². The van der Waals surface area contributed by atoms with E-state index in [-0.39, 0.29) is 22.7 Å². The molecule has 0 unspecified atom stereocenters. The number of hydrogen-bond donors (Lipinski definition) is 2. The zero-order chi connectivity index (χ0) is 19.1.